The molecule has 0 aromatic rings. The Morgan fingerprint density at radius 2 is 1.88 bits per heavy atom. The van der Waals surface area contributed by atoms with Crippen LogP contribution in [-0.2, 0) is 9.59 Å². The molecule has 26 heavy (non-hydrogen) atoms. The van der Waals surface area contributed by atoms with E-state index in [0.29, 0.717) is 29.0 Å². The molecule has 0 amide bonds. The average Bonchev–Trinajstić information content (AvgIpc) is 2.93. The van der Waals surface area contributed by atoms with Gasteiger partial charge in [-0.2, -0.15) is 0 Å². The normalized spacial score (nSPS) is 47.8. The summed E-state index contributed by atoms with van der Waals surface area (Å²) in [6.45, 7) is 4.77. The van der Waals surface area contributed by atoms with Gasteiger partial charge in [0.1, 0.15) is 5.78 Å². The van der Waals surface area contributed by atoms with Gasteiger partial charge in [-0.25, -0.2) is 0 Å². The fourth-order valence-electron chi connectivity index (χ4n) is 8.08. The van der Waals surface area contributed by atoms with Crippen molar-refractivity contribution in [1.82, 2.24) is 0 Å². The lowest BCUT2D eigenvalue weighted by Gasteiger charge is -2.59. The number of aliphatic carboxylic acids is 1. The van der Waals surface area contributed by atoms with Crippen molar-refractivity contribution in [1.29, 1.82) is 0 Å². The molecule has 2 unspecified atom stereocenters. The molecule has 0 aliphatic heterocycles. The highest BCUT2D eigenvalue weighted by atomic mass is 16.4. The van der Waals surface area contributed by atoms with Gasteiger partial charge in [-0.3, -0.25) is 9.59 Å². The van der Waals surface area contributed by atoms with Crippen molar-refractivity contribution in [2.75, 3.05) is 0 Å². The largest absolute Gasteiger partial charge is 0.481 e. The Bertz CT molecular complexity index is 584. The van der Waals surface area contributed by atoms with E-state index in [1.165, 1.54) is 44.9 Å². The lowest BCUT2D eigenvalue weighted by atomic mass is 9.44. The zero-order valence-corrected chi connectivity index (χ0v) is 16.6. The summed E-state index contributed by atoms with van der Waals surface area (Å²) in [7, 11) is 0. The number of carboxylic acid groups (broad SMARTS) is 1. The van der Waals surface area contributed by atoms with Crippen LogP contribution in [0, 0.1) is 40.4 Å². The summed E-state index contributed by atoms with van der Waals surface area (Å²) in [6.07, 6.45) is 13.2. The molecule has 3 heteroatoms. The number of fused-ring (bicyclic) bond motifs is 5. The summed E-state index contributed by atoms with van der Waals surface area (Å²) in [5, 5.41) is 8.96. The number of Topliss-reactive ketones (excluding diaryl/α,β-unsaturated/α-hetero) is 1. The molecular formula is C23H36O3. The first-order chi connectivity index (χ1) is 12.4. The molecular weight excluding hydrogens is 324 g/mol. The van der Waals surface area contributed by atoms with Gasteiger partial charge in [0.05, 0.1) is 0 Å². The molecule has 0 aromatic carbocycles. The minimum atomic E-state index is -0.705. The second kappa shape index (κ2) is 6.63. The second-order valence-electron chi connectivity index (χ2n) is 10.4. The number of carboxylic acids is 1. The predicted octanol–water partition coefficient (Wildman–Crippen LogP) is 5.47. The minimum Gasteiger partial charge on any atom is -0.481 e. The van der Waals surface area contributed by atoms with Gasteiger partial charge < -0.3 is 5.11 Å². The third-order valence-electron chi connectivity index (χ3n) is 9.57. The van der Waals surface area contributed by atoms with Gasteiger partial charge in [0, 0.05) is 18.3 Å². The monoisotopic (exact) mass is 360 g/mol. The Morgan fingerprint density at radius 1 is 1.08 bits per heavy atom. The third-order valence-corrected chi connectivity index (χ3v) is 9.57. The molecule has 3 nitrogen and oxygen atoms in total. The van der Waals surface area contributed by atoms with E-state index >= 15 is 0 Å². The van der Waals surface area contributed by atoms with Crippen LogP contribution in [0.4, 0.5) is 0 Å². The number of rotatable bonds is 4. The smallest absolute Gasteiger partial charge is 0.303 e. The summed E-state index contributed by atoms with van der Waals surface area (Å²) in [5.74, 6) is 2.99. The fourth-order valence-corrected chi connectivity index (χ4v) is 8.08. The van der Waals surface area contributed by atoms with Crippen molar-refractivity contribution in [3.05, 3.63) is 0 Å². The minimum absolute atomic E-state index is 0.169. The highest BCUT2D eigenvalue weighted by Gasteiger charge is 2.62. The van der Waals surface area contributed by atoms with Crippen LogP contribution in [-0.4, -0.2) is 16.9 Å². The van der Waals surface area contributed by atoms with Gasteiger partial charge in [0.25, 0.3) is 0 Å². The number of ketones is 1. The maximum Gasteiger partial charge on any atom is 0.303 e. The van der Waals surface area contributed by atoms with E-state index in [1.54, 1.807) is 0 Å². The number of carbonyl (C=O) groups is 2. The van der Waals surface area contributed by atoms with E-state index in [-0.39, 0.29) is 11.8 Å². The molecule has 1 N–H and O–H groups in total. The van der Waals surface area contributed by atoms with Crippen LogP contribution in [0.15, 0.2) is 0 Å². The Morgan fingerprint density at radius 3 is 2.65 bits per heavy atom. The maximum absolute atomic E-state index is 13.5. The first kappa shape index (κ1) is 18.5. The van der Waals surface area contributed by atoms with E-state index in [1.807, 2.05) is 0 Å². The van der Waals surface area contributed by atoms with Gasteiger partial charge in [-0.05, 0) is 86.4 Å². The second-order valence-corrected chi connectivity index (χ2v) is 10.4. The van der Waals surface area contributed by atoms with E-state index in [0.717, 1.165) is 37.5 Å². The van der Waals surface area contributed by atoms with Crippen molar-refractivity contribution < 1.29 is 14.7 Å². The molecule has 0 saturated heterocycles. The van der Waals surface area contributed by atoms with Crippen LogP contribution >= 0.6 is 0 Å². The summed E-state index contributed by atoms with van der Waals surface area (Å²) < 4.78 is 0. The summed E-state index contributed by atoms with van der Waals surface area (Å²) in [4.78, 5) is 24.4. The highest BCUT2D eigenvalue weighted by Crippen LogP contribution is 2.66. The molecule has 0 aromatic heterocycles. The predicted molar refractivity (Wildman–Crippen MR) is 102 cm³/mol. The molecule has 4 rings (SSSR count). The number of hydrogen-bond donors (Lipinski definition) is 1. The van der Waals surface area contributed by atoms with Crippen LogP contribution < -0.4 is 0 Å². The molecule has 4 aliphatic carbocycles. The van der Waals surface area contributed by atoms with Crippen molar-refractivity contribution in [3.8, 4) is 0 Å². The summed E-state index contributed by atoms with van der Waals surface area (Å²) >= 11 is 0. The Labute approximate surface area is 158 Å². The van der Waals surface area contributed by atoms with Gasteiger partial charge in [0.15, 0.2) is 0 Å². The lowest BCUT2D eigenvalue weighted by Crippen LogP contribution is -2.56. The first-order valence-corrected chi connectivity index (χ1v) is 11.1. The lowest BCUT2D eigenvalue weighted by molar-refractivity contribution is -0.156. The molecule has 4 fully saturated rings. The fraction of sp³-hybridized carbons (Fsp3) is 0.913. The molecule has 0 heterocycles. The Balaban J connectivity index is 1.55. The van der Waals surface area contributed by atoms with Crippen LogP contribution in [0.5, 0.6) is 0 Å². The molecule has 0 spiro atoms. The van der Waals surface area contributed by atoms with Gasteiger partial charge in [-0.1, -0.05) is 26.7 Å². The summed E-state index contributed by atoms with van der Waals surface area (Å²) in [5.41, 5.74) is 0.233. The number of hydrogen-bond acceptors (Lipinski definition) is 2. The van der Waals surface area contributed by atoms with Crippen LogP contribution in [0.2, 0.25) is 0 Å². The van der Waals surface area contributed by atoms with Crippen molar-refractivity contribution in [3.63, 3.8) is 0 Å². The van der Waals surface area contributed by atoms with E-state index in [4.69, 9.17) is 5.11 Å². The van der Waals surface area contributed by atoms with Crippen molar-refractivity contribution in [2.45, 2.75) is 90.9 Å². The van der Waals surface area contributed by atoms with E-state index < -0.39 is 5.97 Å². The topological polar surface area (TPSA) is 54.4 Å². The Kier molecular flexibility index (Phi) is 4.72. The molecule has 0 bridgehead atoms. The van der Waals surface area contributed by atoms with Crippen LogP contribution in [0.1, 0.15) is 90.9 Å². The maximum atomic E-state index is 13.5. The zero-order chi connectivity index (χ0) is 18.5. The highest BCUT2D eigenvalue weighted by molar-refractivity contribution is 5.87. The van der Waals surface area contributed by atoms with Crippen molar-refractivity contribution >= 4 is 11.8 Å². The van der Waals surface area contributed by atoms with E-state index in [2.05, 4.69) is 13.8 Å². The summed E-state index contributed by atoms with van der Waals surface area (Å²) in [6, 6.07) is 0. The molecule has 146 valence electrons. The molecule has 4 aliphatic rings. The van der Waals surface area contributed by atoms with Gasteiger partial charge in [0.2, 0.25) is 0 Å². The van der Waals surface area contributed by atoms with Crippen molar-refractivity contribution in [2.24, 2.45) is 40.4 Å². The van der Waals surface area contributed by atoms with E-state index in [9.17, 15) is 9.59 Å². The van der Waals surface area contributed by atoms with Crippen LogP contribution in [0.3, 0.4) is 0 Å². The quantitative estimate of drug-likeness (QED) is 0.723. The van der Waals surface area contributed by atoms with Gasteiger partial charge in [-0.15, -0.1) is 0 Å². The molecule has 7 atom stereocenters. The average molecular weight is 361 g/mol. The Hall–Kier alpha value is -0.860. The third kappa shape index (κ3) is 2.67. The first-order valence-electron chi connectivity index (χ1n) is 11.1. The molecule has 0 radical (unpaired) electrons. The number of carbonyl (C=O) groups excluding carboxylic acids is 1. The SMILES string of the molecule is C[C@]12C(=O)CC3[C@@H](CC[C@@H]4CCCC[C@]34C)C1CC[C@@H]2CCCC(=O)O. The standard InChI is InChI=1S/C23H36O3/c1-22-13-4-3-6-15(22)9-11-17-18-12-10-16(7-5-8-21(25)26)23(18,2)20(24)14-19(17)22/h15-19H,3-14H2,1-2H3,(H,25,26)/t15-,16-,17-,18?,19?,22-,23+/m0/s1. The van der Waals surface area contributed by atoms with Crippen LogP contribution in [0.25, 0.3) is 0 Å². The molecule has 4 saturated carbocycles. The van der Waals surface area contributed by atoms with Gasteiger partial charge >= 0.3 is 5.97 Å². The zero-order valence-electron chi connectivity index (χ0n) is 16.6.